The van der Waals surface area contributed by atoms with E-state index in [4.69, 9.17) is 0 Å². The van der Waals surface area contributed by atoms with Crippen molar-refractivity contribution in [2.75, 3.05) is 13.1 Å². The summed E-state index contributed by atoms with van der Waals surface area (Å²) in [7, 11) is 0. The normalized spacial score (nSPS) is 32.7. The number of Topliss-reactive ketones (excluding diaryl/α,β-unsaturated/α-hetero) is 1. The van der Waals surface area contributed by atoms with Crippen LogP contribution in [0.3, 0.4) is 0 Å². The molecule has 2 rings (SSSR count). The zero-order valence-corrected chi connectivity index (χ0v) is 8.46. The van der Waals surface area contributed by atoms with E-state index >= 15 is 0 Å². The van der Waals surface area contributed by atoms with Crippen molar-refractivity contribution in [3.05, 3.63) is 0 Å². The van der Waals surface area contributed by atoms with Crippen molar-refractivity contribution in [2.24, 2.45) is 5.92 Å². The van der Waals surface area contributed by atoms with Gasteiger partial charge in [-0.2, -0.15) is 0 Å². The van der Waals surface area contributed by atoms with Crippen LogP contribution < -0.4 is 0 Å². The second kappa shape index (κ2) is 3.79. The number of carbonyl (C=O) groups excluding carboxylic acids is 1. The topological polar surface area (TPSA) is 20.3 Å². The maximum absolute atomic E-state index is 11.1. The molecule has 74 valence electrons. The third kappa shape index (κ3) is 2.11. The fourth-order valence-corrected chi connectivity index (χ4v) is 2.59. The molecule has 13 heavy (non-hydrogen) atoms. The molecule has 1 unspecified atom stereocenters. The summed E-state index contributed by atoms with van der Waals surface area (Å²) >= 11 is 0. The van der Waals surface area contributed by atoms with E-state index in [1.165, 1.54) is 19.5 Å². The van der Waals surface area contributed by atoms with Gasteiger partial charge >= 0.3 is 0 Å². The van der Waals surface area contributed by atoms with Gasteiger partial charge in [0.1, 0.15) is 5.78 Å². The molecule has 0 aromatic rings. The lowest BCUT2D eigenvalue weighted by Crippen LogP contribution is -2.36. The van der Waals surface area contributed by atoms with Crippen LogP contribution >= 0.6 is 0 Å². The van der Waals surface area contributed by atoms with Crippen LogP contribution in [-0.4, -0.2) is 29.8 Å². The summed E-state index contributed by atoms with van der Waals surface area (Å²) in [5, 5.41) is 0. The Kier molecular flexibility index (Phi) is 2.68. The SMILES string of the molecule is CC1CCN(C2CCC(=O)CC2)C1. The first-order chi connectivity index (χ1) is 6.25. The van der Waals surface area contributed by atoms with Crippen LogP contribution in [0.2, 0.25) is 0 Å². The highest BCUT2D eigenvalue weighted by Gasteiger charge is 2.28. The third-order valence-electron chi connectivity index (χ3n) is 3.48. The van der Waals surface area contributed by atoms with Crippen molar-refractivity contribution in [1.82, 2.24) is 4.90 Å². The molecule has 0 radical (unpaired) electrons. The molecule has 0 aromatic heterocycles. The average Bonchev–Trinajstić information content (AvgIpc) is 2.53. The van der Waals surface area contributed by atoms with Crippen LogP contribution in [0.4, 0.5) is 0 Å². The van der Waals surface area contributed by atoms with Gasteiger partial charge < -0.3 is 4.90 Å². The molecule has 1 aliphatic heterocycles. The molecule has 1 atom stereocenters. The van der Waals surface area contributed by atoms with E-state index in [9.17, 15) is 4.79 Å². The van der Waals surface area contributed by atoms with E-state index in [-0.39, 0.29) is 0 Å². The molecule has 0 bridgehead atoms. The maximum atomic E-state index is 11.1. The van der Waals surface area contributed by atoms with Gasteiger partial charge in [-0.3, -0.25) is 4.79 Å². The maximum Gasteiger partial charge on any atom is 0.133 e. The molecular formula is C11H19NO. The molecular weight excluding hydrogens is 162 g/mol. The Morgan fingerprint density at radius 2 is 1.92 bits per heavy atom. The molecule has 0 spiro atoms. The van der Waals surface area contributed by atoms with Gasteiger partial charge in [0, 0.05) is 25.4 Å². The lowest BCUT2D eigenvalue weighted by atomic mass is 9.93. The Bertz CT molecular complexity index is 192. The molecule has 2 aliphatic rings. The average molecular weight is 181 g/mol. The van der Waals surface area contributed by atoms with E-state index in [1.807, 2.05) is 0 Å². The van der Waals surface area contributed by atoms with E-state index in [0.717, 1.165) is 37.6 Å². The number of likely N-dealkylation sites (tertiary alicyclic amines) is 1. The van der Waals surface area contributed by atoms with Gasteiger partial charge in [-0.05, 0) is 31.7 Å². The fourth-order valence-electron chi connectivity index (χ4n) is 2.59. The zero-order valence-electron chi connectivity index (χ0n) is 8.46. The Morgan fingerprint density at radius 3 is 2.46 bits per heavy atom. The highest BCUT2D eigenvalue weighted by atomic mass is 16.1. The molecule has 0 N–H and O–H groups in total. The fraction of sp³-hybridized carbons (Fsp3) is 0.909. The predicted octanol–water partition coefficient (Wildman–Crippen LogP) is 1.84. The number of carbonyl (C=O) groups is 1. The van der Waals surface area contributed by atoms with Gasteiger partial charge in [-0.15, -0.1) is 0 Å². The van der Waals surface area contributed by atoms with Gasteiger partial charge in [0.2, 0.25) is 0 Å². The Labute approximate surface area is 80.3 Å². The molecule has 2 heteroatoms. The summed E-state index contributed by atoms with van der Waals surface area (Å²) in [6.45, 7) is 4.85. The summed E-state index contributed by atoms with van der Waals surface area (Å²) in [4.78, 5) is 13.7. The lowest BCUT2D eigenvalue weighted by Gasteiger charge is -2.30. The smallest absolute Gasteiger partial charge is 0.133 e. The molecule has 1 saturated carbocycles. The van der Waals surface area contributed by atoms with Gasteiger partial charge in [0.05, 0.1) is 0 Å². The van der Waals surface area contributed by atoms with E-state index in [0.29, 0.717) is 5.78 Å². The van der Waals surface area contributed by atoms with E-state index < -0.39 is 0 Å². The van der Waals surface area contributed by atoms with Gasteiger partial charge in [-0.1, -0.05) is 6.92 Å². The van der Waals surface area contributed by atoms with Crippen LogP contribution in [0.1, 0.15) is 39.0 Å². The Balaban J connectivity index is 1.84. The van der Waals surface area contributed by atoms with Crippen molar-refractivity contribution >= 4 is 5.78 Å². The first kappa shape index (κ1) is 9.20. The zero-order chi connectivity index (χ0) is 9.26. The minimum absolute atomic E-state index is 0.475. The Hall–Kier alpha value is -0.370. The molecule has 1 aliphatic carbocycles. The second-order valence-corrected chi connectivity index (χ2v) is 4.66. The largest absolute Gasteiger partial charge is 0.300 e. The summed E-state index contributed by atoms with van der Waals surface area (Å²) < 4.78 is 0. The quantitative estimate of drug-likeness (QED) is 0.615. The molecule has 2 fully saturated rings. The van der Waals surface area contributed by atoms with Gasteiger partial charge in [0.15, 0.2) is 0 Å². The molecule has 0 aromatic carbocycles. The Morgan fingerprint density at radius 1 is 1.23 bits per heavy atom. The molecule has 1 saturated heterocycles. The number of hydrogen-bond donors (Lipinski definition) is 0. The third-order valence-corrected chi connectivity index (χ3v) is 3.48. The lowest BCUT2D eigenvalue weighted by molar-refractivity contribution is -0.121. The van der Waals surface area contributed by atoms with E-state index in [1.54, 1.807) is 0 Å². The van der Waals surface area contributed by atoms with Crippen LogP contribution in [-0.2, 0) is 4.79 Å². The first-order valence-electron chi connectivity index (χ1n) is 5.51. The number of hydrogen-bond acceptors (Lipinski definition) is 2. The summed E-state index contributed by atoms with van der Waals surface area (Å²) in [5.41, 5.74) is 0. The van der Waals surface area contributed by atoms with E-state index in [2.05, 4.69) is 11.8 Å². The van der Waals surface area contributed by atoms with Crippen molar-refractivity contribution < 1.29 is 4.79 Å². The summed E-state index contributed by atoms with van der Waals surface area (Å²) in [5.74, 6) is 1.35. The minimum atomic E-state index is 0.475. The number of nitrogens with zero attached hydrogens (tertiary/aromatic N) is 1. The van der Waals surface area contributed by atoms with Crippen molar-refractivity contribution in [3.8, 4) is 0 Å². The van der Waals surface area contributed by atoms with Gasteiger partial charge in [-0.25, -0.2) is 0 Å². The molecule has 2 nitrogen and oxygen atoms in total. The van der Waals surface area contributed by atoms with Crippen LogP contribution in [0, 0.1) is 5.92 Å². The summed E-state index contributed by atoms with van der Waals surface area (Å²) in [6, 6.07) is 0.725. The molecule has 0 amide bonds. The van der Waals surface area contributed by atoms with Gasteiger partial charge in [0.25, 0.3) is 0 Å². The first-order valence-corrected chi connectivity index (χ1v) is 5.51. The van der Waals surface area contributed by atoms with Crippen LogP contribution in [0.25, 0.3) is 0 Å². The number of rotatable bonds is 1. The van der Waals surface area contributed by atoms with Crippen molar-refractivity contribution in [3.63, 3.8) is 0 Å². The predicted molar refractivity (Wildman–Crippen MR) is 52.6 cm³/mol. The van der Waals surface area contributed by atoms with Crippen LogP contribution in [0.15, 0.2) is 0 Å². The van der Waals surface area contributed by atoms with Crippen molar-refractivity contribution in [1.29, 1.82) is 0 Å². The monoisotopic (exact) mass is 181 g/mol. The van der Waals surface area contributed by atoms with Crippen LogP contribution in [0.5, 0.6) is 0 Å². The molecule has 1 heterocycles. The highest BCUT2D eigenvalue weighted by molar-refractivity contribution is 5.79. The highest BCUT2D eigenvalue weighted by Crippen LogP contribution is 2.25. The number of ketones is 1. The standard InChI is InChI=1S/C11H19NO/c1-9-6-7-12(8-9)10-2-4-11(13)5-3-10/h9-10H,2-8H2,1H3. The minimum Gasteiger partial charge on any atom is -0.300 e. The second-order valence-electron chi connectivity index (χ2n) is 4.66. The summed E-state index contributed by atoms with van der Waals surface area (Å²) in [6.07, 6.45) is 5.24. The van der Waals surface area contributed by atoms with Crippen molar-refractivity contribution in [2.45, 2.75) is 45.1 Å².